The second-order valence-corrected chi connectivity index (χ2v) is 21.3. The van der Waals surface area contributed by atoms with Gasteiger partial charge in [-0.25, -0.2) is 0 Å². The van der Waals surface area contributed by atoms with Crippen LogP contribution in [-0.2, 0) is 23.8 Å². The average molecular weight is 1060 g/mol. The summed E-state index contributed by atoms with van der Waals surface area (Å²) in [7, 11) is 0. The lowest BCUT2D eigenvalue weighted by atomic mass is 9.99. The largest absolute Gasteiger partial charge is 0.466 e. The van der Waals surface area contributed by atoms with E-state index < -0.39 is 49.5 Å². The Morgan fingerprint density at radius 2 is 0.907 bits per heavy atom. The predicted octanol–water partition coefficient (Wildman–Crippen LogP) is 14.6. The van der Waals surface area contributed by atoms with E-state index in [4.69, 9.17) is 14.2 Å². The van der Waals surface area contributed by atoms with Crippen molar-refractivity contribution in [1.29, 1.82) is 0 Å². The third-order valence-electron chi connectivity index (χ3n) is 14.3. The Balaban J connectivity index is 2.01. The summed E-state index contributed by atoms with van der Waals surface area (Å²) in [6, 6.07) is -0.836. The summed E-state index contributed by atoms with van der Waals surface area (Å²) < 4.78 is 16.7. The van der Waals surface area contributed by atoms with Crippen LogP contribution in [-0.4, -0.2) is 100 Å². The van der Waals surface area contributed by atoms with E-state index >= 15 is 0 Å². The predicted molar refractivity (Wildman–Crippen MR) is 310 cm³/mol. The first-order valence-electron chi connectivity index (χ1n) is 31.1. The van der Waals surface area contributed by atoms with Crippen LogP contribution in [0.15, 0.2) is 60.8 Å². The quantitative estimate of drug-likeness (QED) is 0.0195. The lowest BCUT2D eigenvalue weighted by molar-refractivity contribution is -0.302. The standard InChI is InChI=1S/C64H115NO10/c1-3-5-7-9-11-13-31-36-40-44-48-52-60(69)73-53-49-45-41-37-33-30-28-26-24-22-20-18-16-15-17-19-21-23-25-27-29-32-35-39-43-47-51-59(68)65-56(55-74-64-63(72)62(71)61(70)58(54-66)75-64)57(67)50-46-42-38-34-14-12-10-8-6-4-2/h6,8-9,11,14-15,17,34,46,50,56-58,61-64,66-67,70-72H,3-5,7,10,12-13,16,18-33,35-45,47-49,51-55H2,1-2H3,(H,65,68)/b8-6+,11-9-,17-15-,34-14+,50-46+. The Morgan fingerprint density at radius 3 is 1.39 bits per heavy atom. The minimum absolute atomic E-state index is 0.00823. The molecular weight excluding hydrogens is 943 g/mol. The van der Waals surface area contributed by atoms with Crippen molar-refractivity contribution in [2.45, 2.75) is 314 Å². The Labute approximate surface area is 458 Å². The van der Waals surface area contributed by atoms with Gasteiger partial charge in [-0.1, -0.05) is 222 Å². The first kappa shape index (κ1) is 70.4. The minimum atomic E-state index is -1.58. The Morgan fingerprint density at radius 1 is 0.493 bits per heavy atom. The number of hydrogen-bond acceptors (Lipinski definition) is 10. The van der Waals surface area contributed by atoms with Gasteiger partial charge in [0.15, 0.2) is 6.29 Å². The molecule has 75 heavy (non-hydrogen) atoms. The normalized spacial score (nSPS) is 19.2. The fourth-order valence-electron chi connectivity index (χ4n) is 9.39. The van der Waals surface area contributed by atoms with E-state index in [1.165, 1.54) is 167 Å². The third kappa shape index (κ3) is 43.0. The van der Waals surface area contributed by atoms with Crippen molar-refractivity contribution in [3.05, 3.63) is 60.8 Å². The molecule has 1 aliphatic heterocycles. The molecule has 1 aliphatic rings. The van der Waals surface area contributed by atoms with Crippen LogP contribution >= 0.6 is 0 Å². The van der Waals surface area contributed by atoms with Crippen LogP contribution in [0.4, 0.5) is 0 Å². The highest BCUT2D eigenvalue weighted by Crippen LogP contribution is 2.23. The average Bonchev–Trinajstić information content (AvgIpc) is 3.41. The van der Waals surface area contributed by atoms with Crippen LogP contribution in [0.3, 0.4) is 0 Å². The summed E-state index contributed by atoms with van der Waals surface area (Å²) in [5.41, 5.74) is 0. The van der Waals surface area contributed by atoms with Gasteiger partial charge in [0.05, 0.1) is 32.0 Å². The molecule has 0 spiro atoms. The van der Waals surface area contributed by atoms with Crippen molar-refractivity contribution in [2.24, 2.45) is 0 Å². The fraction of sp³-hybridized carbons (Fsp3) is 0.812. The first-order valence-corrected chi connectivity index (χ1v) is 31.1. The molecule has 0 radical (unpaired) electrons. The van der Waals surface area contributed by atoms with Crippen molar-refractivity contribution in [2.75, 3.05) is 19.8 Å². The van der Waals surface area contributed by atoms with Gasteiger partial charge in [-0.3, -0.25) is 9.59 Å². The van der Waals surface area contributed by atoms with Crippen molar-refractivity contribution < 1.29 is 49.3 Å². The van der Waals surface area contributed by atoms with Crippen molar-refractivity contribution in [3.8, 4) is 0 Å². The summed E-state index contributed by atoms with van der Waals surface area (Å²) in [6.07, 6.45) is 59.2. The fourth-order valence-corrected chi connectivity index (χ4v) is 9.39. The third-order valence-corrected chi connectivity index (χ3v) is 14.3. The second-order valence-electron chi connectivity index (χ2n) is 21.3. The Kier molecular flexibility index (Phi) is 50.1. The number of esters is 1. The molecule has 7 unspecified atom stereocenters. The molecule has 7 atom stereocenters. The van der Waals surface area contributed by atoms with Gasteiger partial charge in [-0.05, 0) is 96.3 Å². The molecule has 1 amide bonds. The van der Waals surface area contributed by atoms with Crippen LogP contribution in [0.5, 0.6) is 0 Å². The molecule has 0 aliphatic carbocycles. The zero-order chi connectivity index (χ0) is 54.5. The number of aliphatic hydroxyl groups is 5. The van der Waals surface area contributed by atoms with Crippen molar-refractivity contribution in [1.82, 2.24) is 5.32 Å². The van der Waals surface area contributed by atoms with Gasteiger partial charge >= 0.3 is 5.97 Å². The van der Waals surface area contributed by atoms with E-state index in [0.717, 1.165) is 77.0 Å². The van der Waals surface area contributed by atoms with E-state index in [1.54, 1.807) is 6.08 Å². The summed E-state index contributed by atoms with van der Waals surface area (Å²) in [5, 5.41) is 54.2. The summed E-state index contributed by atoms with van der Waals surface area (Å²) >= 11 is 0. The topological polar surface area (TPSA) is 175 Å². The van der Waals surface area contributed by atoms with Crippen LogP contribution in [0.2, 0.25) is 0 Å². The molecule has 1 rings (SSSR count). The molecule has 0 saturated carbocycles. The molecule has 0 bridgehead atoms. The van der Waals surface area contributed by atoms with Gasteiger partial charge in [0.25, 0.3) is 0 Å². The van der Waals surface area contributed by atoms with Gasteiger partial charge in [0.1, 0.15) is 24.4 Å². The molecule has 6 N–H and O–H groups in total. The van der Waals surface area contributed by atoms with Gasteiger partial charge < -0.3 is 45.1 Å². The molecule has 0 aromatic rings. The molecule has 0 aromatic carbocycles. The molecule has 11 heteroatoms. The van der Waals surface area contributed by atoms with E-state index in [9.17, 15) is 35.1 Å². The number of allylic oxidation sites excluding steroid dienone is 9. The molecule has 436 valence electrons. The number of aliphatic hydroxyl groups excluding tert-OH is 5. The summed E-state index contributed by atoms with van der Waals surface area (Å²) in [5.74, 6) is -0.210. The number of carbonyl (C=O) groups excluding carboxylic acids is 2. The second kappa shape index (κ2) is 53.4. The molecule has 11 nitrogen and oxygen atoms in total. The minimum Gasteiger partial charge on any atom is -0.466 e. The number of unbranched alkanes of at least 4 members (excludes halogenated alkanes) is 31. The number of rotatable bonds is 53. The van der Waals surface area contributed by atoms with Gasteiger partial charge in [0, 0.05) is 12.8 Å². The van der Waals surface area contributed by atoms with Gasteiger partial charge in [-0.2, -0.15) is 0 Å². The summed E-state index contributed by atoms with van der Waals surface area (Å²) in [4.78, 5) is 25.0. The van der Waals surface area contributed by atoms with E-state index in [0.29, 0.717) is 19.4 Å². The number of ether oxygens (including phenoxy) is 3. The highest BCUT2D eigenvalue weighted by molar-refractivity contribution is 5.76. The molecule has 1 fully saturated rings. The number of nitrogens with one attached hydrogen (secondary N) is 1. The highest BCUT2D eigenvalue weighted by Gasteiger charge is 2.44. The van der Waals surface area contributed by atoms with E-state index in [-0.39, 0.29) is 18.5 Å². The van der Waals surface area contributed by atoms with Gasteiger partial charge in [0.2, 0.25) is 5.91 Å². The smallest absolute Gasteiger partial charge is 0.305 e. The maximum atomic E-state index is 13.0. The van der Waals surface area contributed by atoms with Crippen LogP contribution < -0.4 is 5.32 Å². The molecule has 1 saturated heterocycles. The maximum absolute atomic E-state index is 13.0. The molecule has 1 heterocycles. The number of carbonyl (C=O) groups is 2. The number of hydrogen-bond donors (Lipinski definition) is 6. The van der Waals surface area contributed by atoms with Crippen LogP contribution in [0, 0.1) is 0 Å². The monoisotopic (exact) mass is 1060 g/mol. The zero-order valence-electron chi connectivity index (χ0n) is 48.0. The first-order chi connectivity index (χ1) is 36.7. The summed E-state index contributed by atoms with van der Waals surface area (Å²) in [6.45, 7) is 4.16. The Hall–Kier alpha value is -2.64. The lowest BCUT2D eigenvalue weighted by Gasteiger charge is -2.40. The van der Waals surface area contributed by atoms with Crippen LogP contribution in [0.1, 0.15) is 271 Å². The van der Waals surface area contributed by atoms with E-state index in [1.807, 2.05) is 6.08 Å². The lowest BCUT2D eigenvalue weighted by Crippen LogP contribution is -2.60. The highest BCUT2D eigenvalue weighted by atomic mass is 16.7. The van der Waals surface area contributed by atoms with Crippen molar-refractivity contribution >= 4 is 11.9 Å². The zero-order valence-corrected chi connectivity index (χ0v) is 48.0. The van der Waals surface area contributed by atoms with Gasteiger partial charge in [-0.15, -0.1) is 0 Å². The van der Waals surface area contributed by atoms with E-state index in [2.05, 4.69) is 67.8 Å². The van der Waals surface area contributed by atoms with Crippen LogP contribution in [0.25, 0.3) is 0 Å². The number of amides is 1. The SMILES string of the molecule is CC/C=C/CC/C=C/CC/C=C/C(O)C(COC1OC(CO)C(O)C(O)C1O)NC(=O)CCCCCCCCCCCC/C=C\CCCCCCCCCCCCCCOC(=O)CCCCCCC/C=C\CCCC. The molecular formula is C64H115NO10. The Bertz CT molecular complexity index is 1430. The molecule has 0 aromatic heterocycles. The maximum Gasteiger partial charge on any atom is 0.305 e. The van der Waals surface area contributed by atoms with Crippen molar-refractivity contribution in [3.63, 3.8) is 0 Å².